The van der Waals surface area contributed by atoms with E-state index >= 15 is 0 Å². The Kier molecular flexibility index (Phi) is 18.2. The van der Waals surface area contributed by atoms with E-state index in [0.717, 1.165) is 5.06 Å². The van der Waals surface area contributed by atoms with Crippen molar-refractivity contribution < 1.29 is 24.4 Å². The van der Waals surface area contributed by atoms with Gasteiger partial charge in [-0.25, -0.2) is 25.3 Å². The third-order valence-corrected chi connectivity index (χ3v) is 2.77. The number of hydroxylamine groups is 3. The highest BCUT2D eigenvalue weighted by atomic mass is 35.5. The standard InChI is InChI=1S/C8H11N3O2.C6H6N2O2.C2H7NO.CH4.ClH/c1-11(13-2)8(12)7-4-3-6(9)5-10-7;7-4-1-2-5(6(9)10)8-3-4;1-3-4-2;;/h3-5H,9H2,1-2H3;1-3H,7H2,(H,9,10);3H,1-2H3;1H4;1H. The van der Waals surface area contributed by atoms with Crippen molar-refractivity contribution in [1.82, 2.24) is 20.5 Å². The Balaban J connectivity index is -0.000000379. The first-order valence-corrected chi connectivity index (χ1v) is 7.45. The number of carboxylic acid groups (broad SMARTS) is 1. The fourth-order valence-corrected chi connectivity index (χ4v) is 1.31. The molecule has 0 aliphatic heterocycles. The number of carbonyl (C=O) groups is 2. The SMILES string of the molecule is C.CNOC.CON(C)C(=O)c1ccc(N)cn1.Cl.Nc1ccc(C(=O)O)nc1. The lowest BCUT2D eigenvalue weighted by Crippen LogP contribution is -2.26. The number of hydrogen-bond donors (Lipinski definition) is 4. The van der Waals surface area contributed by atoms with Gasteiger partial charge in [-0.2, -0.15) is 0 Å². The van der Waals surface area contributed by atoms with Gasteiger partial charge in [-0.05, 0) is 24.3 Å². The fraction of sp³-hybridized carbons (Fsp3) is 0.294. The van der Waals surface area contributed by atoms with E-state index in [9.17, 15) is 9.59 Å². The van der Waals surface area contributed by atoms with Crippen LogP contribution in [0.2, 0.25) is 0 Å². The number of nitrogens with zero attached hydrogens (tertiary/aromatic N) is 3. The maximum Gasteiger partial charge on any atom is 0.354 e. The summed E-state index contributed by atoms with van der Waals surface area (Å²) in [5.41, 5.74) is 14.4. The summed E-state index contributed by atoms with van der Waals surface area (Å²) in [4.78, 5) is 38.0. The van der Waals surface area contributed by atoms with E-state index < -0.39 is 5.97 Å². The summed E-state index contributed by atoms with van der Waals surface area (Å²) in [5, 5.41) is 9.47. The fourth-order valence-electron chi connectivity index (χ4n) is 1.31. The second-order valence-corrected chi connectivity index (χ2v) is 4.65. The molecule has 0 spiro atoms. The van der Waals surface area contributed by atoms with Crippen LogP contribution in [0, 0.1) is 0 Å². The quantitative estimate of drug-likeness (QED) is 0.519. The van der Waals surface area contributed by atoms with Crippen molar-refractivity contribution in [2.24, 2.45) is 0 Å². The van der Waals surface area contributed by atoms with Gasteiger partial charge in [0.15, 0.2) is 0 Å². The lowest BCUT2D eigenvalue weighted by atomic mass is 10.3. The van der Waals surface area contributed by atoms with Gasteiger partial charge in [0, 0.05) is 14.1 Å². The summed E-state index contributed by atoms with van der Waals surface area (Å²) in [6.07, 6.45) is 2.74. The number of hydrogen-bond acceptors (Lipinski definition) is 9. The second-order valence-electron chi connectivity index (χ2n) is 4.65. The monoisotopic (exact) mass is 432 g/mol. The maximum atomic E-state index is 11.4. The first-order valence-electron chi connectivity index (χ1n) is 7.45. The van der Waals surface area contributed by atoms with Crippen LogP contribution in [-0.2, 0) is 9.68 Å². The van der Waals surface area contributed by atoms with Crippen LogP contribution in [0.25, 0.3) is 0 Å². The molecule has 0 aromatic carbocycles. The normalized spacial score (nSPS) is 8.55. The molecule has 2 rings (SSSR count). The molecule has 2 aromatic heterocycles. The molecule has 6 N–H and O–H groups in total. The molecule has 164 valence electrons. The molecule has 0 atom stereocenters. The van der Waals surface area contributed by atoms with E-state index in [-0.39, 0.29) is 31.4 Å². The molecular weight excluding hydrogens is 404 g/mol. The molecule has 0 radical (unpaired) electrons. The van der Waals surface area contributed by atoms with E-state index in [4.69, 9.17) is 21.4 Å². The molecule has 11 nitrogen and oxygen atoms in total. The van der Waals surface area contributed by atoms with Crippen molar-refractivity contribution in [3.05, 3.63) is 48.0 Å². The van der Waals surface area contributed by atoms with Crippen molar-refractivity contribution in [2.45, 2.75) is 7.43 Å². The van der Waals surface area contributed by atoms with Crippen LogP contribution in [0.4, 0.5) is 11.4 Å². The minimum atomic E-state index is -1.04. The van der Waals surface area contributed by atoms with Crippen molar-refractivity contribution in [3.63, 3.8) is 0 Å². The van der Waals surface area contributed by atoms with E-state index in [1.807, 2.05) is 0 Å². The van der Waals surface area contributed by atoms with Crippen LogP contribution >= 0.6 is 12.4 Å². The summed E-state index contributed by atoms with van der Waals surface area (Å²) in [7, 11) is 6.20. The zero-order chi connectivity index (χ0) is 20.8. The number of pyridine rings is 2. The molecule has 1 amide bonds. The number of nitrogens with two attached hydrogens (primary N) is 2. The molecule has 0 saturated carbocycles. The highest BCUT2D eigenvalue weighted by Crippen LogP contribution is 2.03. The van der Waals surface area contributed by atoms with Gasteiger partial charge in [0.05, 0.1) is 38.0 Å². The Hall–Kier alpha value is -2.99. The van der Waals surface area contributed by atoms with Crippen LogP contribution in [-0.4, -0.2) is 60.3 Å². The summed E-state index contributed by atoms with van der Waals surface area (Å²) >= 11 is 0. The van der Waals surface area contributed by atoms with Crippen molar-refractivity contribution in [1.29, 1.82) is 0 Å². The Morgan fingerprint density at radius 2 is 1.45 bits per heavy atom. The Morgan fingerprint density at radius 1 is 1.03 bits per heavy atom. The molecular formula is C17H29ClN6O5. The van der Waals surface area contributed by atoms with Crippen LogP contribution < -0.4 is 16.9 Å². The largest absolute Gasteiger partial charge is 0.477 e. The third-order valence-electron chi connectivity index (χ3n) is 2.77. The van der Waals surface area contributed by atoms with Crippen molar-refractivity contribution in [3.8, 4) is 0 Å². The Labute approximate surface area is 176 Å². The Bertz CT molecular complexity index is 698. The lowest BCUT2D eigenvalue weighted by molar-refractivity contribution is -0.0760. The Morgan fingerprint density at radius 3 is 1.72 bits per heavy atom. The zero-order valence-electron chi connectivity index (χ0n) is 15.9. The lowest BCUT2D eigenvalue weighted by Gasteiger charge is -2.12. The molecule has 0 aliphatic rings. The van der Waals surface area contributed by atoms with Crippen molar-refractivity contribution in [2.75, 3.05) is 39.8 Å². The van der Waals surface area contributed by atoms with Crippen LogP contribution in [0.5, 0.6) is 0 Å². The highest BCUT2D eigenvalue weighted by Gasteiger charge is 2.11. The number of aromatic carboxylic acids is 1. The molecule has 12 heteroatoms. The number of rotatable bonds is 4. The topological polar surface area (TPSA) is 166 Å². The molecule has 0 unspecified atom stereocenters. The predicted octanol–water partition coefficient (Wildman–Crippen LogP) is 1.48. The van der Waals surface area contributed by atoms with E-state index in [2.05, 4.69) is 20.3 Å². The first-order chi connectivity index (χ1) is 12.8. The predicted molar refractivity (Wildman–Crippen MR) is 113 cm³/mol. The average Bonchev–Trinajstić information content (AvgIpc) is 2.68. The van der Waals surface area contributed by atoms with E-state index in [1.165, 1.54) is 38.7 Å². The van der Waals surface area contributed by atoms with Gasteiger partial charge >= 0.3 is 5.97 Å². The number of carboxylic acids is 1. The minimum Gasteiger partial charge on any atom is -0.477 e. The number of carbonyl (C=O) groups excluding carboxylic acids is 1. The second kappa shape index (κ2) is 17.1. The molecule has 0 bridgehead atoms. The number of anilines is 2. The molecule has 29 heavy (non-hydrogen) atoms. The van der Waals surface area contributed by atoms with Gasteiger partial charge in [0.1, 0.15) is 11.4 Å². The minimum absolute atomic E-state index is 0. The molecule has 0 saturated heterocycles. The van der Waals surface area contributed by atoms with E-state index in [1.54, 1.807) is 26.3 Å². The molecule has 0 fully saturated rings. The van der Waals surface area contributed by atoms with Crippen LogP contribution in [0.1, 0.15) is 28.4 Å². The smallest absolute Gasteiger partial charge is 0.354 e. The summed E-state index contributed by atoms with van der Waals surface area (Å²) in [6.45, 7) is 0. The van der Waals surface area contributed by atoms with Gasteiger partial charge in [0.2, 0.25) is 0 Å². The van der Waals surface area contributed by atoms with Gasteiger partial charge in [0.25, 0.3) is 5.91 Å². The third kappa shape index (κ3) is 12.9. The summed E-state index contributed by atoms with van der Waals surface area (Å²) in [6, 6.07) is 6.02. The summed E-state index contributed by atoms with van der Waals surface area (Å²) in [5.74, 6) is -1.34. The summed E-state index contributed by atoms with van der Waals surface area (Å²) < 4.78 is 0. The molecule has 2 aromatic rings. The van der Waals surface area contributed by atoms with Crippen LogP contribution in [0.15, 0.2) is 36.7 Å². The first kappa shape index (κ1) is 30.7. The zero-order valence-corrected chi connectivity index (χ0v) is 16.8. The van der Waals surface area contributed by atoms with Crippen molar-refractivity contribution >= 4 is 35.7 Å². The van der Waals surface area contributed by atoms with Gasteiger partial charge in [-0.3, -0.25) is 9.63 Å². The average molecular weight is 433 g/mol. The van der Waals surface area contributed by atoms with Crippen LogP contribution in [0.3, 0.4) is 0 Å². The maximum absolute atomic E-state index is 11.4. The number of nitrogen functional groups attached to an aromatic ring is 2. The number of amides is 1. The van der Waals surface area contributed by atoms with E-state index in [0.29, 0.717) is 17.1 Å². The number of halogens is 1. The highest BCUT2D eigenvalue weighted by molar-refractivity contribution is 5.91. The number of nitrogens with one attached hydrogen (secondary N) is 1. The van der Waals surface area contributed by atoms with Gasteiger partial charge in [-0.1, -0.05) is 7.43 Å². The number of aromatic nitrogens is 2. The molecule has 2 heterocycles. The molecule has 0 aliphatic carbocycles. The van der Waals surface area contributed by atoms with Gasteiger partial charge < -0.3 is 21.4 Å². The van der Waals surface area contributed by atoms with Gasteiger partial charge in [-0.15, -0.1) is 12.4 Å².